The summed E-state index contributed by atoms with van der Waals surface area (Å²) in [6.07, 6.45) is 15.5. The Balaban J connectivity index is 2.86. The highest BCUT2D eigenvalue weighted by Crippen LogP contribution is 2.10. The van der Waals surface area contributed by atoms with Crippen molar-refractivity contribution in [1.29, 1.82) is 0 Å². The van der Waals surface area contributed by atoms with Gasteiger partial charge >= 0.3 is 0 Å². The zero-order valence-corrected chi connectivity index (χ0v) is 12.9. The van der Waals surface area contributed by atoms with Crippen LogP contribution < -0.4 is 10.6 Å². The van der Waals surface area contributed by atoms with Gasteiger partial charge < -0.3 is 10.6 Å². The van der Waals surface area contributed by atoms with Gasteiger partial charge in [0.2, 0.25) is 0 Å². The second-order valence-corrected chi connectivity index (χ2v) is 5.39. The van der Waals surface area contributed by atoms with E-state index in [1.807, 2.05) is 7.05 Å². The number of nitrogens with one attached hydrogen (secondary N) is 2. The van der Waals surface area contributed by atoms with Gasteiger partial charge in [0.25, 0.3) is 0 Å². The third kappa shape index (κ3) is 15.9. The van der Waals surface area contributed by atoms with Gasteiger partial charge in [-0.2, -0.15) is 0 Å². The van der Waals surface area contributed by atoms with Crippen molar-refractivity contribution in [3.8, 4) is 0 Å². The van der Waals surface area contributed by atoms with Gasteiger partial charge in [0, 0.05) is 0 Å². The van der Waals surface area contributed by atoms with Crippen LogP contribution in [-0.2, 0) is 0 Å². The monoisotopic (exact) mass is 256 g/mol. The molecule has 0 spiro atoms. The molecule has 0 aromatic carbocycles. The molecule has 0 saturated heterocycles. The quantitative estimate of drug-likeness (QED) is 0.431. The molecule has 2 N–H and O–H groups in total. The molecule has 110 valence electrons. The summed E-state index contributed by atoms with van der Waals surface area (Å²) in [5, 5.41) is 6.68. The summed E-state index contributed by atoms with van der Waals surface area (Å²) in [7, 11) is 2.02. The first-order chi connectivity index (χ1) is 8.91. The number of hydrogen-bond acceptors (Lipinski definition) is 2. The van der Waals surface area contributed by atoms with Gasteiger partial charge in [-0.15, -0.1) is 0 Å². The lowest BCUT2D eigenvalue weighted by Gasteiger charge is -2.04. The average molecular weight is 256 g/mol. The Morgan fingerprint density at radius 2 is 1.06 bits per heavy atom. The molecule has 0 amide bonds. The Kier molecular flexibility index (Phi) is 16.8. The molecule has 0 heterocycles. The topological polar surface area (TPSA) is 24.1 Å². The first-order valence-corrected chi connectivity index (χ1v) is 8.27. The highest BCUT2D eigenvalue weighted by molar-refractivity contribution is 4.52. The maximum Gasteiger partial charge on any atom is -0.00368 e. The number of hydrogen-bond donors (Lipinski definition) is 2. The van der Waals surface area contributed by atoms with Crippen LogP contribution in [0.15, 0.2) is 0 Å². The van der Waals surface area contributed by atoms with Crippen LogP contribution in [-0.4, -0.2) is 26.7 Å². The predicted molar refractivity (Wildman–Crippen MR) is 83.3 cm³/mol. The van der Waals surface area contributed by atoms with Crippen molar-refractivity contribution in [2.24, 2.45) is 0 Å². The molecule has 0 atom stereocenters. The third-order valence-electron chi connectivity index (χ3n) is 3.49. The average Bonchev–Trinajstić information content (AvgIpc) is 2.39. The minimum absolute atomic E-state index is 1.13. The molecule has 2 nitrogen and oxygen atoms in total. The van der Waals surface area contributed by atoms with Crippen molar-refractivity contribution < 1.29 is 0 Å². The first-order valence-electron chi connectivity index (χ1n) is 8.27. The van der Waals surface area contributed by atoms with E-state index in [0.29, 0.717) is 0 Å². The SMILES string of the molecule is CCCCCCCCCCCCNCCCNC. The lowest BCUT2D eigenvalue weighted by atomic mass is 10.1. The van der Waals surface area contributed by atoms with Crippen LogP contribution >= 0.6 is 0 Å². The molecule has 2 heteroatoms. The summed E-state index contributed by atoms with van der Waals surface area (Å²) in [5.41, 5.74) is 0. The summed E-state index contributed by atoms with van der Waals surface area (Å²) >= 11 is 0. The molecule has 0 radical (unpaired) electrons. The van der Waals surface area contributed by atoms with Gasteiger partial charge in [-0.05, 0) is 39.5 Å². The fourth-order valence-corrected chi connectivity index (χ4v) is 2.25. The van der Waals surface area contributed by atoms with E-state index in [9.17, 15) is 0 Å². The van der Waals surface area contributed by atoms with Crippen LogP contribution in [0.25, 0.3) is 0 Å². The Labute approximate surface area is 115 Å². The van der Waals surface area contributed by atoms with Crippen LogP contribution in [0.3, 0.4) is 0 Å². The van der Waals surface area contributed by atoms with Crippen molar-refractivity contribution in [3.63, 3.8) is 0 Å². The minimum atomic E-state index is 1.13. The molecular formula is C16H36N2. The normalized spacial score (nSPS) is 11.0. The fourth-order valence-electron chi connectivity index (χ4n) is 2.25. The molecule has 0 aromatic heterocycles. The second kappa shape index (κ2) is 16.9. The van der Waals surface area contributed by atoms with Gasteiger partial charge in [0.1, 0.15) is 0 Å². The summed E-state index contributed by atoms with van der Waals surface area (Å²) in [4.78, 5) is 0. The van der Waals surface area contributed by atoms with Crippen molar-refractivity contribution in [2.45, 2.75) is 77.6 Å². The lowest BCUT2D eigenvalue weighted by molar-refractivity contribution is 0.539. The Bertz CT molecular complexity index is 121. The number of unbranched alkanes of at least 4 members (excludes halogenated alkanes) is 9. The standard InChI is InChI=1S/C16H36N2/c1-3-4-5-6-7-8-9-10-11-12-15-18-16-13-14-17-2/h17-18H,3-16H2,1-2H3. The zero-order valence-electron chi connectivity index (χ0n) is 12.9. The molecule has 0 rings (SSSR count). The maximum atomic E-state index is 3.51. The molecular weight excluding hydrogens is 220 g/mol. The van der Waals surface area contributed by atoms with E-state index in [-0.39, 0.29) is 0 Å². The Morgan fingerprint density at radius 1 is 0.556 bits per heavy atom. The smallest absolute Gasteiger partial charge is 0.00368 e. The molecule has 0 unspecified atom stereocenters. The second-order valence-electron chi connectivity index (χ2n) is 5.39. The largest absolute Gasteiger partial charge is 0.320 e. The molecule has 0 aromatic rings. The van der Waals surface area contributed by atoms with Crippen molar-refractivity contribution >= 4 is 0 Å². The van der Waals surface area contributed by atoms with E-state index in [0.717, 1.165) is 13.1 Å². The van der Waals surface area contributed by atoms with E-state index in [4.69, 9.17) is 0 Å². The molecule has 0 aliphatic heterocycles. The van der Waals surface area contributed by atoms with Crippen LogP contribution in [0.4, 0.5) is 0 Å². The van der Waals surface area contributed by atoms with Gasteiger partial charge in [0.05, 0.1) is 0 Å². The molecule has 0 fully saturated rings. The Hall–Kier alpha value is -0.0800. The maximum absolute atomic E-state index is 3.51. The lowest BCUT2D eigenvalue weighted by Crippen LogP contribution is -2.20. The summed E-state index contributed by atoms with van der Waals surface area (Å²) < 4.78 is 0. The van der Waals surface area contributed by atoms with Gasteiger partial charge in [-0.25, -0.2) is 0 Å². The van der Waals surface area contributed by atoms with Crippen molar-refractivity contribution in [2.75, 3.05) is 26.7 Å². The third-order valence-corrected chi connectivity index (χ3v) is 3.49. The van der Waals surface area contributed by atoms with Crippen molar-refractivity contribution in [1.82, 2.24) is 10.6 Å². The van der Waals surface area contributed by atoms with Crippen LogP contribution in [0, 0.1) is 0 Å². The van der Waals surface area contributed by atoms with E-state index in [1.54, 1.807) is 0 Å². The van der Waals surface area contributed by atoms with E-state index < -0.39 is 0 Å². The zero-order chi connectivity index (χ0) is 13.3. The minimum Gasteiger partial charge on any atom is -0.320 e. The van der Waals surface area contributed by atoms with Crippen LogP contribution in [0.5, 0.6) is 0 Å². The van der Waals surface area contributed by atoms with Crippen LogP contribution in [0.2, 0.25) is 0 Å². The van der Waals surface area contributed by atoms with E-state index in [2.05, 4.69) is 17.6 Å². The summed E-state index contributed by atoms with van der Waals surface area (Å²) in [5.74, 6) is 0. The van der Waals surface area contributed by atoms with E-state index >= 15 is 0 Å². The highest BCUT2D eigenvalue weighted by Gasteiger charge is 1.92. The van der Waals surface area contributed by atoms with Gasteiger partial charge in [-0.3, -0.25) is 0 Å². The summed E-state index contributed by atoms with van der Waals surface area (Å²) in [6, 6.07) is 0. The molecule has 0 aliphatic rings. The molecule has 18 heavy (non-hydrogen) atoms. The molecule has 0 aliphatic carbocycles. The number of rotatable bonds is 15. The highest BCUT2D eigenvalue weighted by atomic mass is 14.9. The predicted octanol–water partition coefficient (Wildman–Crippen LogP) is 4.11. The Morgan fingerprint density at radius 3 is 1.61 bits per heavy atom. The van der Waals surface area contributed by atoms with E-state index in [1.165, 1.54) is 77.2 Å². The van der Waals surface area contributed by atoms with Crippen molar-refractivity contribution in [3.05, 3.63) is 0 Å². The fraction of sp³-hybridized carbons (Fsp3) is 1.00. The van der Waals surface area contributed by atoms with Gasteiger partial charge in [0.15, 0.2) is 0 Å². The van der Waals surface area contributed by atoms with Gasteiger partial charge in [-0.1, -0.05) is 64.7 Å². The molecule has 0 saturated carbocycles. The summed E-state index contributed by atoms with van der Waals surface area (Å²) in [6.45, 7) is 5.79. The van der Waals surface area contributed by atoms with Crippen LogP contribution in [0.1, 0.15) is 77.6 Å². The molecule has 0 bridgehead atoms. The first kappa shape index (κ1) is 17.9.